The Balaban J connectivity index is 1.52. The number of nitrogens with zero attached hydrogens (tertiary/aromatic N) is 1. The number of hydrogen-bond donors (Lipinski definition) is 1. The molecule has 0 radical (unpaired) electrons. The number of aryl methyl sites for hydroxylation is 2. The molecule has 9 heteroatoms. The summed E-state index contributed by atoms with van der Waals surface area (Å²) in [6.07, 6.45) is 5.73. The van der Waals surface area contributed by atoms with Crippen molar-refractivity contribution in [2.45, 2.75) is 63.7 Å². The standard InChI is InChI=1S/C25H32N2O5S2/c1-3-15-32-25(29)22-20-8-4-5-9-21(20)33-24(22)26-23(28)18-7-6-14-27(16-18)34(30,31)19-12-10-17(2)11-13-19/h10-13,18H,3-9,14-16H2,1-2H3,(H,26,28). The second-order valence-electron chi connectivity index (χ2n) is 9.06. The van der Waals surface area contributed by atoms with E-state index in [-0.39, 0.29) is 23.3 Å². The number of piperidine rings is 1. The smallest absolute Gasteiger partial charge is 0.341 e. The molecule has 1 fully saturated rings. The summed E-state index contributed by atoms with van der Waals surface area (Å²) in [6.45, 7) is 4.71. The van der Waals surface area contributed by atoms with Crippen molar-refractivity contribution >= 4 is 38.2 Å². The van der Waals surface area contributed by atoms with Gasteiger partial charge < -0.3 is 10.1 Å². The molecule has 1 atom stereocenters. The molecule has 34 heavy (non-hydrogen) atoms. The number of rotatable bonds is 7. The predicted octanol–water partition coefficient (Wildman–Crippen LogP) is 4.54. The maximum absolute atomic E-state index is 13.2. The monoisotopic (exact) mass is 504 g/mol. The largest absolute Gasteiger partial charge is 0.462 e. The Morgan fingerprint density at radius 3 is 2.62 bits per heavy atom. The minimum absolute atomic E-state index is 0.128. The maximum Gasteiger partial charge on any atom is 0.341 e. The summed E-state index contributed by atoms with van der Waals surface area (Å²) >= 11 is 1.46. The van der Waals surface area contributed by atoms with Crippen LogP contribution in [-0.4, -0.2) is 44.3 Å². The van der Waals surface area contributed by atoms with E-state index < -0.39 is 15.9 Å². The van der Waals surface area contributed by atoms with Gasteiger partial charge in [0.25, 0.3) is 0 Å². The Kier molecular flexibility index (Phi) is 7.74. The fourth-order valence-electron chi connectivity index (χ4n) is 4.58. The first-order valence-electron chi connectivity index (χ1n) is 12.0. The van der Waals surface area contributed by atoms with Gasteiger partial charge in [0.2, 0.25) is 15.9 Å². The van der Waals surface area contributed by atoms with Gasteiger partial charge in [0.1, 0.15) is 5.00 Å². The second-order valence-corrected chi connectivity index (χ2v) is 12.1. The number of esters is 1. The van der Waals surface area contributed by atoms with Crippen molar-refractivity contribution in [3.8, 4) is 0 Å². The van der Waals surface area contributed by atoms with Crippen molar-refractivity contribution in [1.82, 2.24) is 4.31 Å². The molecular weight excluding hydrogens is 472 g/mol. The van der Waals surface area contributed by atoms with Gasteiger partial charge in [-0.1, -0.05) is 24.6 Å². The lowest BCUT2D eigenvalue weighted by Gasteiger charge is -2.31. The average molecular weight is 505 g/mol. The van der Waals surface area contributed by atoms with Crippen LogP contribution in [0.3, 0.4) is 0 Å². The van der Waals surface area contributed by atoms with Crippen LogP contribution in [0.2, 0.25) is 0 Å². The number of sulfonamides is 1. The van der Waals surface area contributed by atoms with Crippen LogP contribution in [-0.2, 0) is 32.4 Å². The Labute approximate surface area is 205 Å². The Morgan fingerprint density at radius 2 is 1.88 bits per heavy atom. The van der Waals surface area contributed by atoms with Crippen LogP contribution in [0.4, 0.5) is 5.00 Å². The third-order valence-electron chi connectivity index (χ3n) is 6.46. The molecule has 0 bridgehead atoms. The summed E-state index contributed by atoms with van der Waals surface area (Å²) in [5, 5.41) is 3.51. The van der Waals surface area contributed by atoms with Crippen molar-refractivity contribution in [2.24, 2.45) is 5.92 Å². The van der Waals surface area contributed by atoms with E-state index in [0.717, 1.165) is 48.1 Å². The molecule has 7 nitrogen and oxygen atoms in total. The van der Waals surface area contributed by atoms with Crippen molar-refractivity contribution in [3.63, 3.8) is 0 Å². The third-order valence-corrected chi connectivity index (χ3v) is 9.55. The van der Waals surface area contributed by atoms with Crippen molar-refractivity contribution in [2.75, 3.05) is 25.0 Å². The van der Waals surface area contributed by atoms with Gasteiger partial charge in [0, 0.05) is 18.0 Å². The number of thiophene rings is 1. The van der Waals surface area contributed by atoms with Crippen LogP contribution in [0.15, 0.2) is 29.2 Å². The first kappa shape index (κ1) is 24.9. The molecular formula is C25H32N2O5S2. The van der Waals surface area contributed by atoms with Gasteiger partial charge in [-0.05, 0) is 69.6 Å². The highest BCUT2D eigenvalue weighted by atomic mass is 32.2. The molecule has 1 unspecified atom stereocenters. The van der Waals surface area contributed by atoms with E-state index >= 15 is 0 Å². The summed E-state index contributed by atoms with van der Waals surface area (Å²) in [6, 6.07) is 6.77. The highest BCUT2D eigenvalue weighted by molar-refractivity contribution is 7.89. The second kappa shape index (κ2) is 10.6. The van der Waals surface area contributed by atoms with Crippen molar-refractivity contribution in [3.05, 3.63) is 45.8 Å². The van der Waals surface area contributed by atoms with Gasteiger partial charge in [-0.25, -0.2) is 13.2 Å². The van der Waals surface area contributed by atoms with Gasteiger partial charge in [-0.2, -0.15) is 4.31 Å². The van der Waals surface area contributed by atoms with Crippen LogP contribution < -0.4 is 5.32 Å². The highest BCUT2D eigenvalue weighted by Crippen LogP contribution is 2.39. The molecule has 2 heterocycles. The topological polar surface area (TPSA) is 92.8 Å². The molecule has 2 aliphatic rings. The number of amides is 1. The van der Waals surface area contributed by atoms with E-state index in [2.05, 4.69) is 5.32 Å². The van der Waals surface area contributed by atoms with Gasteiger partial charge in [0.05, 0.1) is 23.0 Å². The number of hydrogen-bond acceptors (Lipinski definition) is 6. The molecule has 1 aliphatic heterocycles. The van der Waals surface area contributed by atoms with E-state index in [1.807, 2.05) is 13.8 Å². The molecule has 184 valence electrons. The number of ether oxygens (including phenoxy) is 1. The van der Waals surface area contributed by atoms with E-state index in [1.165, 1.54) is 15.6 Å². The predicted molar refractivity (Wildman–Crippen MR) is 133 cm³/mol. The van der Waals surface area contributed by atoms with Crippen LogP contribution in [0, 0.1) is 12.8 Å². The molecule has 1 aromatic heterocycles. The molecule has 1 amide bonds. The van der Waals surface area contributed by atoms with Crippen molar-refractivity contribution in [1.29, 1.82) is 0 Å². The molecule has 1 aromatic carbocycles. The molecule has 0 spiro atoms. The zero-order valence-corrected chi connectivity index (χ0v) is 21.4. The molecule has 1 N–H and O–H groups in total. The summed E-state index contributed by atoms with van der Waals surface area (Å²) < 4.78 is 33.1. The van der Waals surface area contributed by atoms with Crippen LogP contribution in [0.1, 0.15) is 65.4 Å². The number of fused-ring (bicyclic) bond motifs is 1. The number of carbonyl (C=O) groups excluding carboxylic acids is 2. The normalized spacial score (nSPS) is 18.8. The minimum Gasteiger partial charge on any atom is -0.462 e. The van der Waals surface area contributed by atoms with Crippen LogP contribution in [0.25, 0.3) is 0 Å². The summed E-state index contributed by atoms with van der Waals surface area (Å²) in [4.78, 5) is 27.4. The zero-order valence-electron chi connectivity index (χ0n) is 19.8. The van der Waals surface area contributed by atoms with Gasteiger partial charge in [-0.15, -0.1) is 11.3 Å². The summed E-state index contributed by atoms with van der Waals surface area (Å²) in [5.74, 6) is -1.11. The first-order valence-corrected chi connectivity index (χ1v) is 14.3. The Bertz CT molecular complexity index is 1150. The average Bonchev–Trinajstić information content (AvgIpc) is 3.20. The van der Waals surface area contributed by atoms with E-state index in [9.17, 15) is 18.0 Å². The third kappa shape index (κ3) is 5.21. The van der Waals surface area contributed by atoms with Crippen molar-refractivity contribution < 1.29 is 22.7 Å². The number of anilines is 1. The lowest BCUT2D eigenvalue weighted by Crippen LogP contribution is -2.43. The molecule has 0 saturated carbocycles. The van der Waals surface area contributed by atoms with Gasteiger partial charge >= 0.3 is 5.97 Å². The molecule has 1 saturated heterocycles. The van der Waals surface area contributed by atoms with E-state index in [1.54, 1.807) is 24.3 Å². The molecule has 1 aliphatic carbocycles. The number of carbonyl (C=O) groups is 2. The number of nitrogens with one attached hydrogen (secondary N) is 1. The number of benzene rings is 1. The lowest BCUT2D eigenvalue weighted by molar-refractivity contribution is -0.120. The van der Waals surface area contributed by atoms with Crippen LogP contribution >= 0.6 is 11.3 Å². The van der Waals surface area contributed by atoms with Gasteiger partial charge in [0.15, 0.2) is 0 Å². The highest BCUT2D eigenvalue weighted by Gasteiger charge is 2.35. The van der Waals surface area contributed by atoms with E-state index in [4.69, 9.17) is 4.74 Å². The zero-order chi connectivity index (χ0) is 24.3. The fourth-order valence-corrected chi connectivity index (χ4v) is 7.39. The van der Waals surface area contributed by atoms with Gasteiger partial charge in [-0.3, -0.25) is 4.79 Å². The lowest BCUT2D eigenvalue weighted by atomic mass is 9.95. The van der Waals surface area contributed by atoms with E-state index in [0.29, 0.717) is 36.6 Å². The van der Waals surface area contributed by atoms with Crippen LogP contribution in [0.5, 0.6) is 0 Å². The molecule has 2 aromatic rings. The SMILES string of the molecule is CCCOC(=O)c1c(NC(=O)C2CCCN(S(=O)(=O)c3ccc(C)cc3)C2)sc2c1CCCC2. The molecule has 4 rings (SSSR count). The Morgan fingerprint density at radius 1 is 1.15 bits per heavy atom. The first-order chi connectivity index (χ1) is 16.3. The summed E-state index contributed by atoms with van der Waals surface area (Å²) in [5.41, 5.74) is 2.48. The summed E-state index contributed by atoms with van der Waals surface area (Å²) in [7, 11) is -3.67. The Hall–Kier alpha value is -2.23. The minimum atomic E-state index is -3.67. The fraction of sp³-hybridized carbons (Fsp3) is 0.520. The maximum atomic E-state index is 13.2. The quantitative estimate of drug-likeness (QED) is 0.559.